The van der Waals surface area contributed by atoms with Gasteiger partial charge in [0, 0.05) is 24.6 Å². The summed E-state index contributed by atoms with van der Waals surface area (Å²) >= 11 is 1.92. The number of carboxylic acid groups (broad SMARTS) is 1. The molecule has 5 nitrogen and oxygen atoms in total. The van der Waals surface area contributed by atoms with E-state index in [-0.39, 0.29) is 5.56 Å². The summed E-state index contributed by atoms with van der Waals surface area (Å²) in [6.45, 7) is 2.50. The molecular weight excluding hydrogens is 216 g/mol. The van der Waals surface area contributed by atoms with Gasteiger partial charge in [-0.1, -0.05) is 5.16 Å². The van der Waals surface area contributed by atoms with Crippen LogP contribution in [0.15, 0.2) is 10.7 Å². The average molecular weight is 228 g/mol. The van der Waals surface area contributed by atoms with Crippen LogP contribution in [0, 0.1) is 0 Å². The first kappa shape index (κ1) is 10.5. The van der Waals surface area contributed by atoms with Crippen LogP contribution in [0.1, 0.15) is 16.1 Å². The Balaban J connectivity index is 2.03. The van der Waals surface area contributed by atoms with E-state index in [0.29, 0.717) is 12.3 Å². The van der Waals surface area contributed by atoms with Crippen molar-refractivity contribution < 1.29 is 14.4 Å². The fourth-order valence-electron chi connectivity index (χ4n) is 1.51. The van der Waals surface area contributed by atoms with E-state index in [1.807, 2.05) is 11.8 Å². The first-order valence-corrected chi connectivity index (χ1v) is 5.90. The summed E-state index contributed by atoms with van der Waals surface area (Å²) in [5.74, 6) is 1.67. The van der Waals surface area contributed by atoms with Crippen LogP contribution in [0.3, 0.4) is 0 Å². The number of carbonyl (C=O) groups is 1. The van der Waals surface area contributed by atoms with E-state index in [1.54, 1.807) is 0 Å². The molecule has 15 heavy (non-hydrogen) atoms. The Labute approximate surface area is 91.4 Å². The molecule has 1 saturated heterocycles. The fraction of sp³-hybridized carbons (Fsp3) is 0.556. The highest BCUT2D eigenvalue weighted by molar-refractivity contribution is 7.99. The van der Waals surface area contributed by atoms with E-state index in [1.165, 1.54) is 6.20 Å². The topological polar surface area (TPSA) is 66.6 Å². The van der Waals surface area contributed by atoms with Crippen molar-refractivity contribution in [3.8, 4) is 0 Å². The Bertz CT molecular complexity index is 347. The maximum atomic E-state index is 10.8. The molecule has 1 fully saturated rings. The van der Waals surface area contributed by atoms with Gasteiger partial charge in [0.2, 0.25) is 0 Å². The van der Waals surface area contributed by atoms with Gasteiger partial charge in [0.05, 0.1) is 12.7 Å². The molecule has 0 saturated carbocycles. The van der Waals surface area contributed by atoms with Crippen LogP contribution in [0.2, 0.25) is 0 Å². The molecule has 82 valence electrons. The molecule has 1 aromatic heterocycles. The molecule has 2 heterocycles. The van der Waals surface area contributed by atoms with Gasteiger partial charge in [-0.3, -0.25) is 4.90 Å². The maximum Gasteiger partial charge on any atom is 0.341 e. The lowest BCUT2D eigenvalue weighted by molar-refractivity contribution is 0.0692. The molecule has 0 unspecified atom stereocenters. The SMILES string of the molecule is O=C(O)c1cnoc1CN1CCSCC1. The monoisotopic (exact) mass is 228 g/mol. The van der Waals surface area contributed by atoms with Crippen LogP contribution >= 0.6 is 11.8 Å². The summed E-state index contributed by atoms with van der Waals surface area (Å²) in [6.07, 6.45) is 1.26. The van der Waals surface area contributed by atoms with Crippen molar-refractivity contribution in [1.82, 2.24) is 10.1 Å². The molecule has 0 aromatic carbocycles. The molecule has 0 radical (unpaired) electrons. The van der Waals surface area contributed by atoms with Crippen molar-refractivity contribution in [1.29, 1.82) is 0 Å². The molecule has 0 atom stereocenters. The predicted octanol–water partition coefficient (Wildman–Crippen LogP) is 0.922. The van der Waals surface area contributed by atoms with Gasteiger partial charge in [0.25, 0.3) is 0 Å². The summed E-state index contributed by atoms with van der Waals surface area (Å²) < 4.78 is 4.95. The molecule has 0 amide bonds. The zero-order valence-corrected chi connectivity index (χ0v) is 9.00. The van der Waals surface area contributed by atoms with Gasteiger partial charge >= 0.3 is 5.97 Å². The number of nitrogens with zero attached hydrogens (tertiary/aromatic N) is 2. The Kier molecular flexibility index (Phi) is 3.27. The highest BCUT2D eigenvalue weighted by atomic mass is 32.2. The standard InChI is InChI=1S/C9H12N2O3S/c12-9(13)7-5-10-14-8(7)6-11-1-3-15-4-2-11/h5H,1-4,6H2,(H,12,13). The van der Waals surface area contributed by atoms with Crippen LogP contribution in [0.5, 0.6) is 0 Å². The second-order valence-electron chi connectivity index (χ2n) is 3.36. The maximum absolute atomic E-state index is 10.8. The Morgan fingerprint density at radius 1 is 1.60 bits per heavy atom. The van der Waals surface area contributed by atoms with Crippen LogP contribution in [0.25, 0.3) is 0 Å². The fourth-order valence-corrected chi connectivity index (χ4v) is 2.49. The minimum Gasteiger partial charge on any atom is -0.478 e. The molecule has 2 rings (SSSR count). The second kappa shape index (κ2) is 4.67. The van der Waals surface area contributed by atoms with Gasteiger partial charge < -0.3 is 9.63 Å². The largest absolute Gasteiger partial charge is 0.478 e. The molecule has 0 aliphatic carbocycles. The summed E-state index contributed by atoms with van der Waals surface area (Å²) in [5.41, 5.74) is 0.174. The number of hydrogen-bond acceptors (Lipinski definition) is 5. The lowest BCUT2D eigenvalue weighted by Gasteiger charge is -2.24. The quantitative estimate of drug-likeness (QED) is 0.830. The van der Waals surface area contributed by atoms with Gasteiger partial charge in [0.15, 0.2) is 5.76 Å². The van der Waals surface area contributed by atoms with Gasteiger partial charge in [-0.15, -0.1) is 0 Å². The highest BCUT2D eigenvalue weighted by Gasteiger charge is 2.19. The number of hydrogen-bond donors (Lipinski definition) is 1. The van der Waals surface area contributed by atoms with Crippen LogP contribution < -0.4 is 0 Å². The summed E-state index contributed by atoms with van der Waals surface area (Å²) in [6, 6.07) is 0. The van der Waals surface area contributed by atoms with E-state index < -0.39 is 5.97 Å². The number of thioether (sulfide) groups is 1. The van der Waals surface area contributed by atoms with Gasteiger partial charge in [0.1, 0.15) is 5.56 Å². The minimum atomic E-state index is -0.974. The van der Waals surface area contributed by atoms with Gasteiger partial charge in [-0.2, -0.15) is 11.8 Å². The second-order valence-corrected chi connectivity index (χ2v) is 4.58. The summed E-state index contributed by atoms with van der Waals surface area (Å²) in [5, 5.41) is 12.4. The molecule has 1 N–H and O–H groups in total. The zero-order valence-electron chi connectivity index (χ0n) is 8.18. The van der Waals surface area contributed by atoms with Crippen molar-refractivity contribution >= 4 is 17.7 Å². The normalized spacial score (nSPS) is 17.9. The lowest BCUT2D eigenvalue weighted by Crippen LogP contribution is -2.32. The lowest BCUT2D eigenvalue weighted by atomic mass is 10.2. The first-order chi connectivity index (χ1) is 7.27. The van der Waals surface area contributed by atoms with E-state index in [0.717, 1.165) is 24.6 Å². The molecule has 1 aliphatic rings. The van der Waals surface area contributed by atoms with Crippen molar-refractivity contribution in [3.05, 3.63) is 17.5 Å². The van der Waals surface area contributed by atoms with Crippen molar-refractivity contribution in [2.75, 3.05) is 24.6 Å². The predicted molar refractivity (Wildman–Crippen MR) is 56.1 cm³/mol. The zero-order chi connectivity index (χ0) is 10.7. The van der Waals surface area contributed by atoms with Crippen LogP contribution in [-0.4, -0.2) is 45.7 Å². The van der Waals surface area contributed by atoms with E-state index >= 15 is 0 Å². The van der Waals surface area contributed by atoms with Gasteiger partial charge in [-0.05, 0) is 0 Å². The molecular formula is C9H12N2O3S. The first-order valence-electron chi connectivity index (χ1n) is 4.74. The van der Waals surface area contributed by atoms with E-state index in [9.17, 15) is 4.79 Å². The minimum absolute atomic E-state index is 0.174. The number of rotatable bonds is 3. The van der Waals surface area contributed by atoms with Crippen molar-refractivity contribution in [3.63, 3.8) is 0 Å². The van der Waals surface area contributed by atoms with Gasteiger partial charge in [-0.25, -0.2) is 4.79 Å². The molecule has 0 bridgehead atoms. The average Bonchev–Trinajstić information content (AvgIpc) is 2.67. The summed E-state index contributed by atoms with van der Waals surface area (Å²) in [4.78, 5) is 13.0. The van der Waals surface area contributed by atoms with Crippen molar-refractivity contribution in [2.45, 2.75) is 6.54 Å². The third-order valence-corrected chi connectivity index (χ3v) is 3.29. The number of aromatic carboxylic acids is 1. The van der Waals surface area contributed by atoms with Crippen molar-refractivity contribution in [2.24, 2.45) is 0 Å². The molecule has 0 spiro atoms. The third-order valence-electron chi connectivity index (χ3n) is 2.35. The van der Waals surface area contributed by atoms with E-state index in [4.69, 9.17) is 9.63 Å². The number of aromatic nitrogens is 1. The molecule has 1 aromatic rings. The third kappa shape index (κ3) is 2.51. The molecule has 1 aliphatic heterocycles. The molecule has 6 heteroatoms. The van der Waals surface area contributed by atoms with Crippen LogP contribution in [-0.2, 0) is 6.54 Å². The number of carboxylic acids is 1. The Morgan fingerprint density at radius 2 is 2.33 bits per heavy atom. The highest BCUT2D eigenvalue weighted by Crippen LogP contribution is 2.15. The summed E-state index contributed by atoms with van der Waals surface area (Å²) in [7, 11) is 0. The Morgan fingerprint density at radius 3 is 3.00 bits per heavy atom. The van der Waals surface area contributed by atoms with Crippen LogP contribution in [0.4, 0.5) is 0 Å². The van der Waals surface area contributed by atoms with E-state index in [2.05, 4.69) is 10.1 Å². The smallest absolute Gasteiger partial charge is 0.341 e. The Hall–Kier alpha value is -1.01.